The van der Waals surface area contributed by atoms with E-state index in [1.54, 1.807) is 12.1 Å². The van der Waals surface area contributed by atoms with Crippen LogP contribution in [0.3, 0.4) is 0 Å². The predicted molar refractivity (Wildman–Crippen MR) is 150 cm³/mol. The van der Waals surface area contributed by atoms with Crippen molar-refractivity contribution in [3.63, 3.8) is 0 Å². The molecule has 0 spiro atoms. The molecule has 39 heavy (non-hydrogen) atoms. The SMILES string of the molecule is CCC1O[C@H](OCCCCCN=[N+]=[N-])C(OC(=O)c2ccccc2)[C@@H](OCc2ccc3ccccc3c2)[C@@H]1C. The van der Waals surface area contributed by atoms with Gasteiger partial charge in [-0.25, -0.2) is 4.79 Å². The molecule has 1 aliphatic rings. The molecule has 0 aliphatic carbocycles. The van der Waals surface area contributed by atoms with Crippen LogP contribution >= 0.6 is 0 Å². The van der Waals surface area contributed by atoms with Crippen LogP contribution in [0.1, 0.15) is 55.5 Å². The summed E-state index contributed by atoms with van der Waals surface area (Å²) in [6.45, 7) is 5.43. The lowest BCUT2D eigenvalue weighted by Crippen LogP contribution is -2.57. The molecule has 0 radical (unpaired) electrons. The second kappa shape index (κ2) is 14.7. The van der Waals surface area contributed by atoms with Crippen LogP contribution in [0.15, 0.2) is 77.9 Å². The summed E-state index contributed by atoms with van der Waals surface area (Å²) < 4.78 is 25.1. The van der Waals surface area contributed by atoms with E-state index in [0.29, 0.717) is 25.3 Å². The van der Waals surface area contributed by atoms with Crippen molar-refractivity contribution in [2.24, 2.45) is 11.0 Å². The van der Waals surface area contributed by atoms with Gasteiger partial charge in [-0.05, 0) is 59.3 Å². The number of azide groups is 1. The molecule has 8 heteroatoms. The van der Waals surface area contributed by atoms with Gasteiger partial charge in [-0.3, -0.25) is 0 Å². The molecule has 5 atom stereocenters. The van der Waals surface area contributed by atoms with E-state index in [9.17, 15) is 4.79 Å². The average molecular weight is 532 g/mol. The molecule has 0 saturated carbocycles. The molecular weight excluding hydrogens is 494 g/mol. The van der Waals surface area contributed by atoms with Crippen molar-refractivity contribution in [3.8, 4) is 0 Å². The highest BCUT2D eigenvalue weighted by atomic mass is 16.7. The summed E-state index contributed by atoms with van der Waals surface area (Å²) in [5.74, 6) is -0.457. The van der Waals surface area contributed by atoms with Crippen LogP contribution < -0.4 is 0 Å². The number of hydrogen-bond acceptors (Lipinski definition) is 6. The van der Waals surface area contributed by atoms with E-state index in [2.05, 4.69) is 54.2 Å². The van der Waals surface area contributed by atoms with E-state index in [4.69, 9.17) is 24.5 Å². The van der Waals surface area contributed by atoms with E-state index >= 15 is 0 Å². The Hall–Kier alpha value is -3.42. The highest BCUT2D eigenvalue weighted by Crippen LogP contribution is 2.34. The fourth-order valence-corrected chi connectivity index (χ4v) is 5.00. The van der Waals surface area contributed by atoms with Crippen molar-refractivity contribution < 1.29 is 23.7 Å². The Kier molecular flexibility index (Phi) is 10.7. The van der Waals surface area contributed by atoms with Gasteiger partial charge >= 0.3 is 5.97 Å². The molecule has 0 aromatic heterocycles. The molecule has 8 nitrogen and oxygen atoms in total. The lowest BCUT2D eigenvalue weighted by molar-refractivity contribution is -0.291. The van der Waals surface area contributed by atoms with Gasteiger partial charge in [0.05, 0.1) is 18.3 Å². The molecule has 1 saturated heterocycles. The first-order valence-electron chi connectivity index (χ1n) is 13.7. The quantitative estimate of drug-likeness (QED) is 0.0762. The van der Waals surface area contributed by atoms with Gasteiger partial charge in [0.15, 0.2) is 12.4 Å². The number of benzene rings is 3. The van der Waals surface area contributed by atoms with Crippen molar-refractivity contribution in [2.45, 2.75) is 70.7 Å². The Morgan fingerprint density at radius 3 is 2.49 bits per heavy atom. The molecule has 0 bridgehead atoms. The fraction of sp³-hybridized carbons (Fsp3) is 0.452. The predicted octanol–water partition coefficient (Wildman–Crippen LogP) is 7.22. The zero-order valence-corrected chi connectivity index (χ0v) is 22.6. The number of fused-ring (bicyclic) bond motifs is 1. The van der Waals surface area contributed by atoms with Gasteiger partial charge in [0, 0.05) is 24.0 Å². The summed E-state index contributed by atoms with van der Waals surface area (Å²) in [6, 6.07) is 23.5. The lowest BCUT2D eigenvalue weighted by Gasteiger charge is -2.44. The Morgan fingerprint density at radius 1 is 0.949 bits per heavy atom. The number of unbranched alkanes of at least 4 members (excludes halogenated alkanes) is 2. The maximum Gasteiger partial charge on any atom is 0.338 e. The number of carbonyl (C=O) groups is 1. The fourth-order valence-electron chi connectivity index (χ4n) is 5.00. The van der Waals surface area contributed by atoms with Gasteiger partial charge in [-0.15, -0.1) is 0 Å². The summed E-state index contributed by atoms with van der Waals surface area (Å²) in [6.07, 6.45) is 1.19. The first kappa shape index (κ1) is 28.6. The van der Waals surface area contributed by atoms with Crippen LogP contribution in [-0.4, -0.2) is 43.7 Å². The zero-order valence-electron chi connectivity index (χ0n) is 22.6. The molecule has 2 unspecified atom stereocenters. The van der Waals surface area contributed by atoms with E-state index in [0.717, 1.165) is 36.6 Å². The summed E-state index contributed by atoms with van der Waals surface area (Å²) >= 11 is 0. The monoisotopic (exact) mass is 531 g/mol. The molecule has 3 aromatic rings. The summed E-state index contributed by atoms with van der Waals surface area (Å²) in [7, 11) is 0. The highest BCUT2D eigenvalue weighted by molar-refractivity contribution is 5.89. The molecule has 3 aromatic carbocycles. The Bertz CT molecular complexity index is 1250. The Balaban J connectivity index is 1.50. The highest BCUT2D eigenvalue weighted by Gasteiger charge is 2.47. The van der Waals surface area contributed by atoms with Crippen molar-refractivity contribution in [1.82, 2.24) is 0 Å². The van der Waals surface area contributed by atoms with Crippen molar-refractivity contribution >= 4 is 16.7 Å². The topological polar surface area (TPSA) is 103 Å². The third-order valence-corrected chi connectivity index (χ3v) is 7.16. The smallest absolute Gasteiger partial charge is 0.338 e. The number of nitrogens with zero attached hydrogens (tertiary/aromatic N) is 3. The first-order chi connectivity index (χ1) is 19.1. The van der Waals surface area contributed by atoms with E-state index in [1.807, 2.05) is 30.3 Å². The van der Waals surface area contributed by atoms with Crippen LogP contribution in [0.2, 0.25) is 0 Å². The largest absolute Gasteiger partial charge is 0.451 e. The number of hydrogen-bond donors (Lipinski definition) is 0. The van der Waals surface area contributed by atoms with Gasteiger partial charge in [-0.2, -0.15) is 0 Å². The van der Waals surface area contributed by atoms with Crippen LogP contribution in [0, 0.1) is 5.92 Å². The zero-order chi connectivity index (χ0) is 27.5. The molecular formula is C31H37N3O5. The molecule has 1 fully saturated rings. The van der Waals surface area contributed by atoms with Crippen LogP contribution in [0.5, 0.6) is 0 Å². The lowest BCUT2D eigenvalue weighted by atomic mass is 9.89. The van der Waals surface area contributed by atoms with E-state index in [1.165, 1.54) is 5.39 Å². The molecule has 0 N–H and O–H groups in total. The van der Waals surface area contributed by atoms with Crippen LogP contribution in [0.4, 0.5) is 0 Å². The summed E-state index contributed by atoms with van der Waals surface area (Å²) in [5.41, 5.74) is 9.96. The van der Waals surface area contributed by atoms with E-state index < -0.39 is 24.5 Å². The van der Waals surface area contributed by atoms with Crippen LogP contribution in [-0.2, 0) is 25.6 Å². The first-order valence-corrected chi connectivity index (χ1v) is 13.7. The third kappa shape index (κ3) is 7.80. The molecule has 206 valence electrons. The third-order valence-electron chi connectivity index (χ3n) is 7.16. The second-order valence-electron chi connectivity index (χ2n) is 9.89. The molecule has 1 aliphatic heterocycles. The Morgan fingerprint density at radius 2 is 1.72 bits per heavy atom. The molecule has 0 amide bonds. The van der Waals surface area contributed by atoms with Gasteiger partial charge in [0.25, 0.3) is 0 Å². The molecule has 4 rings (SSSR count). The second-order valence-corrected chi connectivity index (χ2v) is 9.89. The standard InChI is InChI=1S/C31H37N3O5/c1-3-27-22(2)28(37-21-23-16-17-24-12-8-9-15-26(24)20-23)29(39-30(35)25-13-6-4-7-14-25)31(38-27)36-19-11-5-10-18-33-34-32/h4,6-9,12-17,20,22,27-29,31H,3,5,10-11,18-19,21H2,1-2H3/t22-,27?,28+,29?,31+/m1/s1. The minimum Gasteiger partial charge on any atom is -0.451 e. The van der Waals surface area contributed by atoms with Crippen LogP contribution in [0.25, 0.3) is 21.2 Å². The Labute approximate surface area is 229 Å². The normalized spacial score (nSPS) is 22.8. The van der Waals surface area contributed by atoms with Gasteiger partial charge < -0.3 is 18.9 Å². The van der Waals surface area contributed by atoms with Gasteiger partial charge in [0.1, 0.15) is 6.10 Å². The van der Waals surface area contributed by atoms with E-state index in [-0.39, 0.29) is 12.0 Å². The number of ether oxygens (including phenoxy) is 4. The van der Waals surface area contributed by atoms with Crippen molar-refractivity contribution in [1.29, 1.82) is 0 Å². The maximum absolute atomic E-state index is 13.1. The number of esters is 1. The maximum atomic E-state index is 13.1. The van der Waals surface area contributed by atoms with Crippen molar-refractivity contribution in [3.05, 3.63) is 94.4 Å². The minimum atomic E-state index is -0.752. The summed E-state index contributed by atoms with van der Waals surface area (Å²) in [4.78, 5) is 15.9. The van der Waals surface area contributed by atoms with Gasteiger partial charge in [0.2, 0.25) is 0 Å². The minimum absolute atomic E-state index is 0.0206. The summed E-state index contributed by atoms with van der Waals surface area (Å²) in [5, 5.41) is 5.90. The van der Waals surface area contributed by atoms with Gasteiger partial charge in [-0.1, -0.05) is 80.0 Å². The number of rotatable bonds is 13. The molecule has 1 heterocycles. The number of carbonyl (C=O) groups excluding carboxylic acids is 1. The average Bonchev–Trinajstić information content (AvgIpc) is 2.97. The van der Waals surface area contributed by atoms with Crippen molar-refractivity contribution in [2.75, 3.05) is 13.2 Å².